The Balaban J connectivity index is 2.12. The fourth-order valence-electron chi connectivity index (χ4n) is 3.20. The molecule has 2 atom stereocenters. The highest BCUT2D eigenvalue weighted by Crippen LogP contribution is 2.24. The molecule has 0 saturated carbocycles. The smallest absolute Gasteiger partial charge is 0.254 e. The predicted molar refractivity (Wildman–Crippen MR) is 86.1 cm³/mol. The summed E-state index contributed by atoms with van der Waals surface area (Å²) < 4.78 is 5.19. The van der Waals surface area contributed by atoms with E-state index in [2.05, 4.69) is 4.90 Å². The molecule has 0 spiro atoms. The van der Waals surface area contributed by atoms with Gasteiger partial charge in [0.15, 0.2) is 0 Å². The molecule has 122 valence electrons. The van der Waals surface area contributed by atoms with E-state index in [-0.39, 0.29) is 18.4 Å². The maximum Gasteiger partial charge on any atom is 0.254 e. The van der Waals surface area contributed by atoms with Crippen LogP contribution in [0.3, 0.4) is 0 Å². The third kappa shape index (κ3) is 4.21. The van der Waals surface area contributed by atoms with E-state index in [0.29, 0.717) is 23.8 Å². The molecule has 5 heteroatoms. The largest absolute Gasteiger partial charge is 0.497 e. The first-order chi connectivity index (χ1) is 10.5. The fourth-order valence-corrected chi connectivity index (χ4v) is 3.20. The van der Waals surface area contributed by atoms with Gasteiger partial charge in [0, 0.05) is 31.8 Å². The van der Waals surface area contributed by atoms with Crippen molar-refractivity contribution in [3.63, 3.8) is 0 Å². The number of likely N-dealkylation sites (tertiary alicyclic amines) is 1. The summed E-state index contributed by atoms with van der Waals surface area (Å²) >= 11 is 0. The number of ether oxygens (including phenoxy) is 1. The van der Waals surface area contributed by atoms with Crippen LogP contribution in [0, 0.1) is 11.8 Å². The summed E-state index contributed by atoms with van der Waals surface area (Å²) in [5.74, 6) is 1.26. The monoisotopic (exact) mass is 306 g/mol. The number of carbonyl (C=O) groups is 1. The molecule has 1 aliphatic heterocycles. The van der Waals surface area contributed by atoms with Crippen LogP contribution in [-0.2, 0) is 0 Å². The lowest BCUT2D eigenvalue weighted by Gasteiger charge is -2.38. The lowest BCUT2D eigenvalue weighted by molar-refractivity contribution is 0.0477. The first-order valence-electron chi connectivity index (χ1n) is 7.72. The summed E-state index contributed by atoms with van der Waals surface area (Å²) in [6.45, 7) is 2.42. The molecule has 1 aliphatic rings. The lowest BCUT2D eigenvalue weighted by atomic mass is 9.89. The number of aliphatic hydroxyl groups excluding tert-OH is 1. The molecule has 0 unspecified atom stereocenters. The maximum absolute atomic E-state index is 12.7. The van der Waals surface area contributed by atoms with E-state index < -0.39 is 0 Å². The minimum absolute atomic E-state index is 0.0146. The van der Waals surface area contributed by atoms with Crippen molar-refractivity contribution in [3.05, 3.63) is 29.8 Å². The average molecular weight is 306 g/mol. The van der Waals surface area contributed by atoms with Gasteiger partial charge in [0.25, 0.3) is 5.91 Å². The van der Waals surface area contributed by atoms with Crippen molar-refractivity contribution in [2.45, 2.75) is 6.42 Å². The van der Waals surface area contributed by atoms with Gasteiger partial charge >= 0.3 is 0 Å². The van der Waals surface area contributed by atoms with E-state index in [1.165, 1.54) is 0 Å². The first kappa shape index (κ1) is 16.8. The van der Waals surface area contributed by atoms with Gasteiger partial charge < -0.3 is 19.6 Å². The number of rotatable bonds is 5. The molecule has 1 saturated heterocycles. The molecule has 1 aromatic rings. The molecule has 1 N–H and O–H groups in total. The number of aliphatic hydroxyl groups is 1. The van der Waals surface area contributed by atoms with E-state index in [9.17, 15) is 9.90 Å². The molecule has 0 radical (unpaired) electrons. The Morgan fingerprint density at radius 3 is 2.73 bits per heavy atom. The summed E-state index contributed by atoms with van der Waals surface area (Å²) in [4.78, 5) is 16.7. The van der Waals surface area contributed by atoms with Gasteiger partial charge in [-0.15, -0.1) is 0 Å². The Hall–Kier alpha value is -1.59. The van der Waals surface area contributed by atoms with Crippen molar-refractivity contribution in [1.29, 1.82) is 0 Å². The summed E-state index contributed by atoms with van der Waals surface area (Å²) in [5, 5.41) is 9.52. The van der Waals surface area contributed by atoms with E-state index in [1.54, 1.807) is 13.2 Å². The first-order valence-corrected chi connectivity index (χ1v) is 7.72. The number of benzene rings is 1. The predicted octanol–water partition coefficient (Wildman–Crippen LogP) is 1.33. The number of nitrogens with zero attached hydrogens (tertiary/aromatic N) is 2. The summed E-state index contributed by atoms with van der Waals surface area (Å²) in [6.07, 6.45) is 0.969. The normalized spacial score (nSPS) is 22.0. The van der Waals surface area contributed by atoms with E-state index >= 15 is 0 Å². The Kier molecular flexibility index (Phi) is 5.80. The van der Waals surface area contributed by atoms with Crippen LogP contribution in [-0.4, -0.2) is 68.3 Å². The van der Waals surface area contributed by atoms with E-state index in [0.717, 1.165) is 19.5 Å². The average Bonchev–Trinajstić information content (AvgIpc) is 2.53. The van der Waals surface area contributed by atoms with Crippen molar-refractivity contribution >= 4 is 5.91 Å². The standard InChI is InChI=1S/C17H26N2O3/c1-18(2)9-13-7-14(12-20)11-19(10-13)17(21)15-5-4-6-16(8-15)22-3/h4-6,8,13-14,20H,7,9-12H2,1-3H3/t13-,14-/m1/s1. The van der Waals surface area contributed by atoms with E-state index in [1.807, 2.05) is 37.2 Å². The second-order valence-electron chi connectivity index (χ2n) is 6.35. The molecular formula is C17H26N2O3. The Labute approximate surface area is 132 Å². The summed E-state index contributed by atoms with van der Waals surface area (Å²) in [5.41, 5.74) is 0.640. The topological polar surface area (TPSA) is 53.0 Å². The van der Waals surface area contributed by atoms with Gasteiger partial charge in [0.05, 0.1) is 7.11 Å². The zero-order valence-electron chi connectivity index (χ0n) is 13.7. The minimum atomic E-state index is 0.0146. The zero-order chi connectivity index (χ0) is 16.1. The van der Waals surface area contributed by atoms with E-state index in [4.69, 9.17) is 4.74 Å². The zero-order valence-corrected chi connectivity index (χ0v) is 13.7. The van der Waals surface area contributed by atoms with Crippen LogP contribution in [0.2, 0.25) is 0 Å². The number of carbonyl (C=O) groups excluding carboxylic acids is 1. The van der Waals surface area contributed by atoms with Crippen LogP contribution in [0.4, 0.5) is 0 Å². The Bertz CT molecular complexity index is 504. The molecule has 0 bridgehead atoms. The summed E-state index contributed by atoms with van der Waals surface area (Å²) in [6, 6.07) is 7.25. The van der Waals surface area contributed by atoms with Gasteiger partial charge in [-0.1, -0.05) is 6.07 Å². The SMILES string of the molecule is COc1cccc(C(=O)N2C[C@H](CO)C[C@H](CN(C)C)C2)c1. The second kappa shape index (κ2) is 7.61. The third-order valence-corrected chi connectivity index (χ3v) is 4.11. The second-order valence-corrected chi connectivity index (χ2v) is 6.35. The van der Waals surface area contributed by atoms with Crippen LogP contribution in [0.5, 0.6) is 5.75 Å². The molecule has 1 amide bonds. The minimum Gasteiger partial charge on any atom is -0.497 e. The fraction of sp³-hybridized carbons (Fsp3) is 0.588. The van der Waals surface area contributed by atoms with Gasteiger partial charge in [-0.25, -0.2) is 0 Å². The van der Waals surface area contributed by atoms with Gasteiger partial charge in [-0.2, -0.15) is 0 Å². The van der Waals surface area contributed by atoms with Gasteiger partial charge in [0.1, 0.15) is 5.75 Å². The third-order valence-electron chi connectivity index (χ3n) is 4.11. The molecule has 1 heterocycles. The molecule has 1 aromatic carbocycles. The highest BCUT2D eigenvalue weighted by molar-refractivity contribution is 5.94. The van der Waals surface area contributed by atoms with Crippen LogP contribution in [0.25, 0.3) is 0 Å². The molecule has 2 rings (SSSR count). The molecule has 5 nitrogen and oxygen atoms in total. The Morgan fingerprint density at radius 2 is 2.09 bits per heavy atom. The molecule has 0 aliphatic carbocycles. The molecule has 1 fully saturated rings. The summed E-state index contributed by atoms with van der Waals surface area (Å²) in [7, 11) is 5.67. The highest BCUT2D eigenvalue weighted by Gasteiger charge is 2.30. The molecule has 0 aromatic heterocycles. The number of amides is 1. The van der Waals surface area contributed by atoms with Crippen LogP contribution >= 0.6 is 0 Å². The van der Waals surface area contributed by atoms with Crippen molar-refractivity contribution in [2.75, 3.05) is 47.4 Å². The highest BCUT2D eigenvalue weighted by atomic mass is 16.5. The lowest BCUT2D eigenvalue weighted by Crippen LogP contribution is -2.47. The quantitative estimate of drug-likeness (QED) is 0.891. The maximum atomic E-state index is 12.7. The van der Waals surface area contributed by atoms with Gasteiger partial charge in [-0.3, -0.25) is 4.79 Å². The van der Waals surface area contributed by atoms with Gasteiger partial charge in [0.2, 0.25) is 0 Å². The Morgan fingerprint density at radius 1 is 1.36 bits per heavy atom. The number of hydrogen-bond donors (Lipinski definition) is 1. The van der Waals surface area contributed by atoms with Crippen LogP contribution in [0.15, 0.2) is 24.3 Å². The van der Waals surface area contributed by atoms with Gasteiger partial charge in [-0.05, 0) is 50.6 Å². The van der Waals surface area contributed by atoms with Crippen molar-refractivity contribution in [2.24, 2.45) is 11.8 Å². The number of methoxy groups -OCH3 is 1. The van der Waals surface area contributed by atoms with Crippen LogP contribution < -0.4 is 4.74 Å². The molecule has 22 heavy (non-hydrogen) atoms. The van der Waals surface area contributed by atoms with Crippen LogP contribution in [0.1, 0.15) is 16.8 Å². The molecular weight excluding hydrogens is 280 g/mol. The van der Waals surface area contributed by atoms with Crippen molar-refractivity contribution in [1.82, 2.24) is 9.80 Å². The number of hydrogen-bond acceptors (Lipinski definition) is 4. The van der Waals surface area contributed by atoms with Crippen molar-refractivity contribution in [3.8, 4) is 5.75 Å². The van der Waals surface area contributed by atoms with Crippen molar-refractivity contribution < 1.29 is 14.6 Å². The number of piperidine rings is 1.